The molecular formula is C28H21N5O3. The number of methoxy groups -OCH3 is 1. The molecule has 0 aliphatic carbocycles. The van der Waals surface area contributed by atoms with Gasteiger partial charge in [-0.25, -0.2) is 4.98 Å². The van der Waals surface area contributed by atoms with Gasteiger partial charge < -0.3 is 14.6 Å². The van der Waals surface area contributed by atoms with Gasteiger partial charge in [0.15, 0.2) is 5.65 Å². The van der Waals surface area contributed by atoms with Gasteiger partial charge in [0, 0.05) is 5.56 Å². The van der Waals surface area contributed by atoms with E-state index < -0.39 is 0 Å². The summed E-state index contributed by atoms with van der Waals surface area (Å²) in [5, 5.41) is 10.3. The van der Waals surface area contributed by atoms with Crippen molar-refractivity contribution in [2.45, 2.75) is 0 Å². The minimum atomic E-state index is -0.247. The van der Waals surface area contributed by atoms with E-state index in [1.165, 1.54) is 17.0 Å². The Morgan fingerprint density at radius 3 is 2.17 bits per heavy atom. The van der Waals surface area contributed by atoms with Gasteiger partial charge in [-0.05, 0) is 23.3 Å². The molecule has 0 aliphatic rings. The molecule has 0 radical (unpaired) electrons. The van der Waals surface area contributed by atoms with Crippen LogP contribution in [0, 0.1) is 0 Å². The molecule has 8 nitrogen and oxygen atoms in total. The molecule has 3 aromatic heterocycles. The predicted octanol–water partition coefficient (Wildman–Crippen LogP) is 5.76. The molecule has 3 heterocycles. The van der Waals surface area contributed by atoms with E-state index in [0.29, 0.717) is 34.0 Å². The molecule has 6 aromatic rings. The van der Waals surface area contributed by atoms with Gasteiger partial charge in [0.2, 0.25) is 0 Å². The normalized spacial score (nSPS) is 11.0. The smallest absolute Gasteiger partial charge is 0.282 e. The summed E-state index contributed by atoms with van der Waals surface area (Å²) in [6.45, 7) is 0. The molecule has 0 saturated heterocycles. The Kier molecular flexibility index (Phi) is 5.31. The Morgan fingerprint density at radius 2 is 1.53 bits per heavy atom. The van der Waals surface area contributed by atoms with E-state index in [1.807, 2.05) is 84.9 Å². The maximum absolute atomic E-state index is 14.0. The van der Waals surface area contributed by atoms with E-state index in [4.69, 9.17) is 14.2 Å². The van der Waals surface area contributed by atoms with Crippen molar-refractivity contribution in [1.82, 2.24) is 19.8 Å². The Morgan fingerprint density at radius 1 is 0.861 bits per heavy atom. The van der Waals surface area contributed by atoms with Gasteiger partial charge in [-0.15, -0.1) is 0 Å². The second kappa shape index (κ2) is 8.92. The van der Waals surface area contributed by atoms with Gasteiger partial charge in [0.05, 0.1) is 30.1 Å². The van der Waals surface area contributed by atoms with E-state index in [2.05, 4.69) is 15.6 Å². The summed E-state index contributed by atoms with van der Waals surface area (Å²) in [5.41, 5.74) is 5.44. The molecule has 0 bridgehead atoms. The number of ether oxygens (including phenoxy) is 1. The van der Waals surface area contributed by atoms with Crippen LogP contribution in [0.3, 0.4) is 0 Å². The van der Waals surface area contributed by atoms with Crippen LogP contribution >= 0.6 is 0 Å². The van der Waals surface area contributed by atoms with Crippen LogP contribution in [0.1, 0.15) is 0 Å². The SMILES string of the molecule is COc1ccc(-c2c(Nc3cnoc3)nc3c(-c4ccccc4)c(-c4ccccc4)[nH]n3c2=O)cc1. The van der Waals surface area contributed by atoms with Crippen molar-refractivity contribution < 1.29 is 9.26 Å². The molecule has 0 spiro atoms. The van der Waals surface area contributed by atoms with E-state index in [-0.39, 0.29) is 5.56 Å². The second-order valence-corrected chi connectivity index (χ2v) is 8.16. The third-order valence-electron chi connectivity index (χ3n) is 5.98. The van der Waals surface area contributed by atoms with Crippen LogP contribution in [-0.4, -0.2) is 26.9 Å². The summed E-state index contributed by atoms with van der Waals surface area (Å²) in [5.74, 6) is 1.09. The average molecular weight is 476 g/mol. The van der Waals surface area contributed by atoms with Crippen LogP contribution in [0.4, 0.5) is 11.5 Å². The Bertz CT molecular complexity index is 1690. The quantitative estimate of drug-likeness (QED) is 0.318. The first-order valence-electron chi connectivity index (χ1n) is 11.3. The first kappa shape index (κ1) is 21.4. The number of fused-ring (bicyclic) bond motifs is 1. The topological polar surface area (TPSA) is 97.4 Å². The highest BCUT2D eigenvalue weighted by Crippen LogP contribution is 2.36. The minimum Gasteiger partial charge on any atom is -0.497 e. The lowest BCUT2D eigenvalue weighted by molar-refractivity contribution is 0.415. The number of H-pyrrole nitrogens is 1. The molecule has 0 amide bonds. The maximum Gasteiger partial charge on any atom is 0.282 e. The highest BCUT2D eigenvalue weighted by molar-refractivity contribution is 5.92. The molecule has 0 unspecified atom stereocenters. The zero-order valence-corrected chi connectivity index (χ0v) is 19.3. The fourth-order valence-electron chi connectivity index (χ4n) is 4.28. The van der Waals surface area contributed by atoms with Gasteiger partial charge >= 0.3 is 0 Å². The molecule has 0 aliphatic heterocycles. The third kappa shape index (κ3) is 3.70. The summed E-state index contributed by atoms with van der Waals surface area (Å²) in [6.07, 6.45) is 3.00. The zero-order valence-electron chi connectivity index (χ0n) is 19.3. The molecule has 0 fully saturated rings. The van der Waals surface area contributed by atoms with Crippen molar-refractivity contribution in [2.24, 2.45) is 0 Å². The van der Waals surface area contributed by atoms with Gasteiger partial charge in [0.1, 0.15) is 23.5 Å². The van der Waals surface area contributed by atoms with E-state index >= 15 is 0 Å². The van der Waals surface area contributed by atoms with Crippen LogP contribution in [0.15, 0.2) is 107 Å². The lowest BCUT2D eigenvalue weighted by atomic mass is 10.0. The van der Waals surface area contributed by atoms with Crippen molar-refractivity contribution in [3.8, 4) is 39.3 Å². The number of hydrogen-bond acceptors (Lipinski definition) is 6. The largest absolute Gasteiger partial charge is 0.497 e. The average Bonchev–Trinajstić information content (AvgIpc) is 3.58. The van der Waals surface area contributed by atoms with Crippen molar-refractivity contribution in [1.29, 1.82) is 0 Å². The highest BCUT2D eigenvalue weighted by atomic mass is 16.5. The van der Waals surface area contributed by atoms with Gasteiger partial charge in [-0.1, -0.05) is 78.0 Å². The Hall–Kier alpha value is -5.11. The molecule has 0 atom stereocenters. The van der Waals surface area contributed by atoms with Crippen LogP contribution < -0.4 is 15.6 Å². The summed E-state index contributed by atoms with van der Waals surface area (Å²) >= 11 is 0. The summed E-state index contributed by atoms with van der Waals surface area (Å²) in [6, 6.07) is 27.1. The molecule has 2 N–H and O–H groups in total. The summed E-state index contributed by atoms with van der Waals surface area (Å²) < 4.78 is 11.8. The first-order chi connectivity index (χ1) is 17.7. The summed E-state index contributed by atoms with van der Waals surface area (Å²) in [7, 11) is 1.60. The van der Waals surface area contributed by atoms with E-state index in [1.54, 1.807) is 7.11 Å². The van der Waals surface area contributed by atoms with Crippen molar-refractivity contribution in [2.75, 3.05) is 12.4 Å². The number of nitrogens with one attached hydrogen (secondary N) is 2. The molecule has 8 heteroatoms. The Labute approximate surface area is 205 Å². The number of benzene rings is 3. The number of nitrogens with zero attached hydrogens (tertiary/aromatic N) is 3. The molecule has 6 rings (SSSR count). The fourth-order valence-corrected chi connectivity index (χ4v) is 4.28. The van der Waals surface area contributed by atoms with E-state index in [9.17, 15) is 4.79 Å². The monoisotopic (exact) mass is 475 g/mol. The van der Waals surface area contributed by atoms with E-state index in [0.717, 1.165) is 22.4 Å². The van der Waals surface area contributed by atoms with Crippen LogP contribution in [-0.2, 0) is 0 Å². The molecule has 0 saturated carbocycles. The van der Waals surface area contributed by atoms with Crippen molar-refractivity contribution in [3.05, 3.63) is 108 Å². The molecular weight excluding hydrogens is 454 g/mol. The van der Waals surface area contributed by atoms with Crippen LogP contribution in [0.5, 0.6) is 5.75 Å². The van der Waals surface area contributed by atoms with Crippen molar-refractivity contribution >= 4 is 17.2 Å². The number of aromatic amines is 1. The number of anilines is 2. The first-order valence-corrected chi connectivity index (χ1v) is 11.3. The van der Waals surface area contributed by atoms with Crippen LogP contribution in [0.2, 0.25) is 0 Å². The Balaban J connectivity index is 1.67. The number of aromatic nitrogens is 4. The van der Waals surface area contributed by atoms with Gasteiger partial charge in [0.25, 0.3) is 5.56 Å². The van der Waals surface area contributed by atoms with Gasteiger partial charge in [-0.3, -0.25) is 9.89 Å². The lowest BCUT2D eigenvalue weighted by Crippen LogP contribution is -2.19. The van der Waals surface area contributed by atoms with Crippen LogP contribution in [0.25, 0.3) is 39.2 Å². The highest BCUT2D eigenvalue weighted by Gasteiger charge is 2.23. The standard InChI is InChI=1S/C28H21N5O3/c1-35-22-14-12-19(13-15-22)24-26(30-21-16-29-36-17-21)31-27-23(18-8-4-2-5-9-18)25(32-33(27)28(24)34)20-10-6-3-7-11-20/h2-17,30,32H,1H3. The minimum absolute atomic E-state index is 0.247. The second-order valence-electron chi connectivity index (χ2n) is 8.16. The lowest BCUT2D eigenvalue weighted by Gasteiger charge is -2.11. The summed E-state index contributed by atoms with van der Waals surface area (Å²) in [4.78, 5) is 19.0. The predicted molar refractivity (Wildman–Crippen MR) is 138 cm³/mol. The maximum atomic E-state index is 14.0. The van der Waals surface area contributed by atoms with Gasteiger partial charge in [-0.2, -0.15) is 4.52 Å². The molecule has 3 aromatic carbocycles. The number of rotatable bonds is 6. The molecule has 176 valence electrons. The molecule has 36 heavy (non-hydrogen) atoms. The fraction of sp³-hybridized carbons (Fsp3) is 0.0357. The van der Waals surface area contributed by atoms with Crippen molar-refractivity contribution in [3.63, 3.8) is 0 Å². The third-order valence-corrected chi connectivity index (χ3v) is 5.98. The zero-order chi connectivity index (χ0) is 24.5. The number of hydrogen-bond donors (Lipinski definition) is 2.